The van der Waals surface area contributed by atoms with Crippen molar-refractivity contribution < 1.29 is 35.1 Å². The third-order valence-electron chi connectivity index (χ3n) is 1.51. The molecule has 8 heteroatoms. The van der Waals surface area contributed by atoms with Gasteiger partial charge in [0.25, 0.3) is 25.7 Å². The van der Waals surface area contributed by atoms with Crippen LogP contribution in [0.2, 0.25) is 0 Å². The molecule has 0 fully saturated rings. The van der Waals surface area contributed by atoms with Crippen LogP contribution in [0.3, 0.4) is 0 Å². The van der Waals surface area contributed by atoms with Gasteiger partial charge in [-0.3, -0.25) is 0 Å². The molecule has 0 aliphatic rings. The molecule has 80 valence electrons. The zero-order valence-corrected chi connectivity index (χ0v) is 5.83. The van der Waals surface area contributed by atoms with Gasteiger partial charge in [-0.25, -0.2) is 35.1 Å². The standard InChI is InChI=1S/C5H4F8/c6-1(7)5(2(8)9,3(10)11)4(12)13/h1-4H. The van der Waals surface area contributed by atoms with Crippen molar-refractivity contribution in [3.05, 3.63) is 0 Å². The first-order chi connectivity index (χ1) is 5.77. The van der Waals surface area contributed by atoms with E-state index < -0.39 is 31.1 Å². The summed E-state index contributed by atoms with van der Waals surface area (Å²) in [6.07, 6.45) is -17.9. The van der Waals surface area contributed by atoms with Crippen LogP contribution in [-0.2, 0) is 0 Å². The monoisotopic (exact) mass is 216 g/mol. The Hall–Kier alpha value is -0.560. The van der Waals surface area contributed by atoms with Crippen LogP contribution in [0.4, 0.5) is 35.1 Å². The molecule has 0 amide bonds. The minimum Gasteiger partial charge on any atom is -0.209 e. The molecule has 0 atom stereocenters. The average Bonchev–Trinajstić information content (AvgIpc) is 1.82. The Labute approximate surface area is 67.5 Å². The second-order valence-corrected chi connectivity index (χ2v) is 2.20. The first-order valence-electron chi connectivity index (χ1n) is 2.90. The summed E-state index contributed by atoms with van der Waals surface area (Å²) >= 11 is 0. The number of rotatable bonds is 4. The largest absolute Gasteiger partial charge is 0.260 e. The number of hydrogen-bond acceptors (Lipinski definition) is 0. The van der Waals surface area contributed by atoms with Gasteiger partial charge in [-0.15, -0.1) is 0 Å². The minimum absolute atomic E-state index is 4.48. The Morgan fingerprint density at radius 1 is 0.462 bits per heavy atom. The van der Waals surface area contributed by atoms with E-state index in [-0.39, 0.29) is 0 Å². The molecule has 0 nitrogen and oxygen atoms in total. The quantitative estimate of drug-likeness (QED) is 0.633. The third-order valence-corrected chi connectivity index (χ3v) is 1.51. The van der Waals surface area contributed by atoms with Crippen LogP contribution in [0.15, 0.2) is 0 Å². The lowest BCUT2D eigenvalue weighted by molar-refractivity contribution is -0.241. The fraction of sp³-hybridized carbons (Fsp3) is 1.00. The Kier molecular flexibility index (Phi) is 3.92. The van der Waals surface area contributed by atoms with Gasteiger partial charge in [0, 0.05) is 0 Å². The second kappa shape index (κ2) is 4.10. The van der Waals surface area contributed by atoms with Gasteiger partial charge in [0.2, 0.25) is 5.41 Å². The smallest absolute Gasteiger partial charge is 0.209 e. The summed E-state index contributed by atoms with van der Waals surface area (Å²) in [5.74, 6) is 0. The molecule has 0 unspecified atom stereocenters. The van der Waals surface area contributed by atoms with Crippen molar-refractivity contribution in [2.24, 2.45) is 5.41 Å². The summed E-state index contributed by atoms with van der Waals surface area (Å²) < 4.78 is 93.3. The van der Waals surface area contributed by atoms with E-state index in [1.54, 1.807) is 0 Å². The predicted molar refractivity (Wildman–Crippen MR) is 26.4 cm³/mol. The summed E-state index contributed by atoms with van der Waals surface area (Å²) in [5, 5.41) is 0. The topological polar surface area (TPSA) is 0 Å². The molecule has 13 heavy (non-hydrogen) atoms. The van der Waals surface area contributed by atoms with Crippen molar-refractivity contribution in [3.63, 3.8) is 0 Å². The second-order valence-electron chi connectivity index (χ2n) is 2.20. The van der Waals surface area contributed by atoms with Crippen LogP contribution in [0.1, 0.15) is 0 Å². The highest BCUT2D eigenvalue weighted by Gasteiger charge is 2.63. The van der Waals surface area contributed by atoms with E-state index >= 15 is 0 Å². The summed E-state index contributed by atoms with van der Waals surface area (Å²) in [6, 6.07) is 0. The molecule has 0 rings (SSSR count). The van der Waals surface area contributed by atoms with Crippen LogP contribution in [-0.4, -0.2) is 25.7 Å². The molecule has 0 aromatic heterocycles. The van der Waals surface area contributed by atoms with Crippen molar-refractivity contribution in [1.29, 1.82) is 0 Å². The highest BCUT2D eigenvalue weighted by molar-refractivity contribution is 4.89. The maximum absolute atomic E-state index is 11.7. The molecule has 0 radical (unpaired) electrons. The van der Waals surface area contributed by atoms with Crippen molar-refractivity contribution in [2.75, 3.05) is 0 Å². The molecule has 0 aliphatic carbocycles. The van der Waals surface area contributed by atoms with Gasteiger partial charge in [0.05, 0.1) is 0 Å². The molecule has 0 saturated carbocycles. The Morgan fingerprint density at radius 3 is 0.615 bits per heavy atom. The molecule has 0 heterocycles. The van der Waals surface area contributed by atoms with E-state index in [1.165, 1.54) is 0 Å². The molecule has 0 aromatic rings. The molecule has 0 N–H and O–H groups in total. The number of hydrogen-bond donors (Lipinski definition) is 0. The van der Waals surface area contributed by atoms with Crippen LogP contribution >= 0.6 is 0 Å². The van der Waals surface area contributed by atoms with Crippen molar-refractivity contribution in [3.8, 4) is 0 Å². The van der Waals surface area contributed by atoms with Crippen LogP contribution in [0.5, 0.6) is 0 Å². The minimum atomic E-state index is -4.83. The van der Waals surface area contributed by atoms with Gasteiger partial charge < -0.3 is 0 Å². The zero-order chi connectivity index (χ0) is 10.8. The summed E-state index contributed by atoms with van der Waals surface area (Å²) in [4.78, 5) is 0. The summed E-state index contributed by atoms with van der Waals surface area (Å²) in [5.41, 5.74) is -4.83. The van der Waals surface area contributed by atoms with E-state index in [2.05, 4.69) is 0 Å². The normalized spacial score (nSPS) is 13.8. The third kappa shape index (κ3) is 1.86. The Bertz CT molecular complexity index is 115. The van der Waals surface area contributed by atoms with E-state index in [4.69, 9.17) is 0 Å². The first-order valence-corrected chi connectivity index (χ1v) is 2.90. The lowest BCUT2D eigenvalue weighted by Gasteiger charge is -2.29. The average molecular weight is 216 g/mol. The van der Waals surface area contributed by atoms with Gasteiger partial charge in [-0.05, 0) is 0 Å². The van der Waals surface area contributed by atoms with Crippen LogP contribution in [0.25, 0.3) is 0 Å². The van der Waals surface area contributed by atoms with Crippen LogP contribution < -0.4 is 0 Å². The Balaban J connectivity index is 5.06. The highest BCUT2D eigenvalue weighted by Crippen LogP contribution is 2.44. The maximum atomic E-state index is 11.7. The summed E-state index contributed by atoms with van der Waals surface area (Å²) in [7, 11) is 0. The molecule has 0 saturated heterocycles. The van der Waals surface area contributed by atoms with E-state index in [0.29, 0.717) is 0 Å². The SMILES string of the molecule is FC(F)C(C(F)F)(C(F)F)C(F)F. The Morgan fingerprint density at radius 2 is 0.615 bits per heavy atom. The van der Waals surface area contributed by atoms with Gasteiger partial charge in [0.15, 0.2) is 0 Å². The fourth-order valence-corrected chi connectivity index (χ4v) is 0.571. The molecule has 0 aliphatic heterocycles. The number of alkyl halides is 8. The zero-order valence-electron chi connectivity index (χ0n) is 5.83. The lowest BCUT2D eigenvalue weighted by atomic mass is 9.90. The maximum Gasteiger partial charge on any atom is 0.260 e. The summed E-state index contributed by atoms with van der Waals surface area (Å²) in [6.45, 7) is 0. The predicted octanol–water partition coefficient (Wildman–Crippen LogP) is 3.03. The number of halogens is 8. The molecule has 0 bridgehead atoms. The fourth-order valence-electron chi connectivity index (χ4n) is 0.571. The first kappa shape index (κ1) is 12.4. The molecular weight excluding hydrogens is 212 g/mol. The van der Waals surface area contributed by atoms with Gasteiger partial charge in [-0.1, -0.05) is 0 Å². The molecule has 0 spiro atoms. The van der Waals surface area contributed by atoms with Crippen LogP contribution in [0, 0.1) is 5.41 Å². The van der Waals surface area contributed by atoms with Crippen molar-refractivity contribution in [2.45, 2.75) is 25.7 Å². The van der Waals surface area contributed by atoms with Crippen molar-refractivity contribution in [1.82, 2.24) is 0 Å². The molecular formula is C5H4F8. The lowest BCUT2D eigenvalue weighted by Crippen LogP contribution is -2.49. The molecule has 0 aromatic carbocycles. The van der Waals surface area contributed by atoms with Gasteiger partial charge >= 0.3 is 0 Å². The van der Waals surface area contributed by atoms with E-state index in [9.17, 15) is 35.1 Å². The highest BCUT2D eigenvalue weighted by atomic mass is 19.3. The van der Waals surface area contributed by atoms with Gasteiger partial charge in [0.1, 0.15) is 0 Å². The van der Waals surface area contributed by atoms with Crippen molar-refractivity contribution >= 4 is 0 Å². The van der Waals surface area contributed by atoms with E-state index in [1.807, 2.05) is 0 Å². The van der Waals surface area contributed by atoms with E-state index in [0.717, 1.165) is 0 Å². The van der Waals surface area contributed by atoms with Gasteiger partial charge in [-0.2, -0.15) is 0 Å².